The van der Waals surface area contributed by atoms with E-state index < -0.39 is 40.5 Å². The van der Waals surface area contributed by atoms with E-state index in [1.165, 1.54) is 0 Å². The summed E-state index contributed by atoms with van der Waals surface area (Å²) in [6.07, 6.45) is 0. The molecule has 0 atom stereocenters. The summed E-state index contributed by atoms with van der Waals surface area (Å²) >= 11 is 0. The molecule has 0 aliphatic carbocycles. The molecule has 0 aliphatic heterocycles. The predicted octanol–water partition coefficient (Wildman–Crippen LogP) is -0.604. The van der Waals surface area contributed by atoms with Gasteiger partial charge in [-0.25, -0.2) is 4.79 Å². The maximum Gasteiger partial charge on any atom is 0.384 e. The molecule has 0 N–H and O–H groups in total. The van der Waals surface area contributed by atoms with Gasteiger partial charge in [-0.1, -0.05) is 0 Å². The number of hydrogen-bond acceptors (Lipinski definition) is 7. The van der Waals surface area contributed by atoms with Gasteiger partial charge in [-0.05, 0) is 20.8 Å². The van der Waals surface area contributed by atoms with Crippen LogP contribution in [0.4, 0.5) is 0 Å². The minimum absolute atomic E-state index is 0. The molecular weight excluding hydrogens is 335 g/mol. The van der Waals surface area contributed by atoms with E-state index in [4.69, 9.17) is 0 Å². The molecule has 0 amide bonds. The number of ether oxygens (including phenoxy) is 1. The fourth-order valence-electron chi connectivity index (χ4n) is 1.55. The third kappa shape index (κ3) is 3.83. The number of carbonyl (C=O) groups is 6. The average molecular weight is 347 g/mol. The second-order valence-electron chi connectivity index (χ2n) is 3.63. The molecule has 0 fully saturated rings. The second-order valence-corrected chi connectivity index (χ2v) is 3.63. The first-order valence-corrected chi connectivity index (χ1v) is 4.88. The zero-order valence-corrected chi connectivity index (χ0v) is 13.3. The first kappa shape index (κ1) is 20.0. The Hall–Kier alpha value is -1.30. The van der Waals surface area contributed by atoms with Crippen molar-refractivity contribution in [3.8, 4) is 0 Å². The Bertz CT molecular complexity index is 428. The van der Waals surface area contributed by atoms with E-state index in [-0.39, 0.29) is 26.2 Å². The van der Waals surface area contributed by atoms with Crippen molar-refractivity contribution in [2.75, 3.05) is 0 Å². The number of carbonyl (C=O) groups excluding carboxylic acids is 6. The smallest absolute Gasteiger partial charge is 0.384 e. The van der Waals surface area contributed by atoms with Crippen LogP contribution in [-0.4, -0.2) is 35.1 Å². The summed E-state index contributed by atoms with van der Waals surface area (Å²) < 4.78 is 3.98. The van der Waals surface area contributed by atoms with Gasteiger partial charge < -0.3 is 4.74 Å². The molecule has 0 spiro atoms. The molecule has 19 heavy (non-hydrogen) atoms. The third-order valence-electron chi connectivity index (χ3n) is 2.35. The number of esters is 2. The van der Waals surface area contributed by atoms with Gasteiger partial charge in [0.2, 0.25) is 5.41 Å². The summed E-state index contributed by atoms with van der Waals surface area (Å²) in [5.74, 6) is -7.71. The van der Waals surface area contributed by atoms with Crippen molar-refractivity contribution in [2.45, 2.75) is 27.7 Å². The van der Waals surface area contributed by atoms with Crippen LogP contribution in [-0.2, 0) is 59.7 Å². The summed E-state index contributed by atoms with van der Waals surface area (Å²) in [7, 11) is 0. The fraction of sp³-hybridized carbons (Fsp3) is 0.455. The molecule has 0 bridgehead atoms. The molecule has 0 rings (SSSR count). The Balaban J connectivity index is 0. The summed E-state index contributed by atoms with van der Waals surface area (Å²) in [5, 5.41) is 0. The minimum atomic E-state index is -2.72. The van der Waals surface area contributed by atoms with Gasteiger partial charge in [0.05, 0.1) is 0 Å². The zero-order chi connectivity index (χ0) is 14.7. The van der Waals surface area contributed by atoms with Crippen LogP contribution in [0.5, 0.6) is 0 Å². The quantitative estimate of drug-likeness (QED) is 0.371. The van der Waals surface area contributed by atoms with Crippen molar-refractivity contribution >= 4 is 35.1 Å². The summed E-state index contributed by atoms with van der Waals surface area (Å²) in [6, 6.07) is 0. The Morgan fingerprint density at radius 3 is 1.26 bits per heavy atom. The SMILES string of the molecule is CC(=O)OC(=O)C(=O)C(C(C)=O)(C(C)=O)C(C)=O.[Zr]. The van der Waals surface area contributed by atoms with Crippen LogP contribution in [0.15, 0.2) is 0 Å². The maximum absolute atomic E-state index is 11.7. The first-order valence-electron chi connectivity index (χ1n) is 4.88. The van der Waals surface area contributed by atoms with Crippen molar-refractivity contribution in [1.29, 1.82) is 0 Å². The molecule has 0 aromatic rings. The Labute approximate surface area is 128 Å². The summed E-state index contributed by atoms with van der Waals surface area (Å²) in [6.45, 7) is 3.37. The molecule has 102 valence electrons. The number of hydrogen-bond donors (Lipinski definition) is 0. The maximum atomic E-state index is 11.7. The minimum Gasteiger partial charge on any atom is -0.387 e. The molecule has 0 aromatic carbocycles. The largest absolute Gasteiger partial charge is 0.387 e. The van der Waals surface area contributed by atoms with Gasteiger partial charge in [-0.2, -0.15) is 0 Å². The van der Waals surface area contributed by atoms with E-state index in [2.05, 4.69) is 4.74 Å². The Kier molecular flexibility index (Phi) is 7.73. The van der Waals surface area contributed by atoms with Crippen molar-refractivity contribution < 1.29 is 59.7 Å². The molecule has 0 aliphatic rings. The van der Waals surface area contributed by atoms with Crippen LogP contribution >= 0.6 is 0 Å². The summed E-state index contributed by atoms with van der Waals surface area (Å²) in [4.78, 5) is 67.8. The Morgan fingerprint density at radius 2 is 1.05 bits per heavy atom. The number of ketones is 4. The van der Waals surface area contributed by atoms with Crippen LogP contribution in [0, 0.1) is 5.41 Å². The first-order chi connectivity index (χ1) is 8.08. The molecule has 0 saturated carbocycles. The monoisotopic (exact) mass is 346 g/mol. The van der Waals surface area contributed by atoms with E-state index in [0.717, 1.165) is 27.7 Å². The van der Waals surface area contributed by atoms with Gasteiger partial charge >= 0.3 is 11.9 Å². The standard InChI is InChI=1S/C11H12O7.Zr/c1-5(12)11(6(2)13,7(3)14)9(16)10(17)18-8(4)15;/h1-4H3;. The summed E-state index contributed by atoms with van der Waals surface area (Å²) in [5.41, 5.74) is -2.72. The normalized spacial score (nSPS) is 9.89. The Morgan fingerprint density at radius 1 is 0.737 bits per heavy atom. The van der Waals surface area contributed by atoms with Gasteiger partial charge in [-0.3, -0.25) is 24.0 Å². The second kappa shape index (κ2) is 7.33. The molecule has 0 heterocycles. The van der Waals surface area contributed by atoms with Gasteiger partial charge in [0.15, 0.2) is 17.3 Å². The fourth-order valence-corrected chi connectivity index (χ4v) is 1.55. The molecule has 0 radical (unpaired) electrons. The number of rotatable bonds is 5. The van der Waals surface area contributed by atoms with Gasteiger partial charge in [0.1, 0.15) is 0 Å². The van der Waals surface area contributed by atoms with Crippen molar-refractivity contribution in [2.24, 2.45) is 5.41 Å². The van der Waals surface area contributed by atoms with Crippen LogP contribution < -0.4 is 0 Å². The predicted molar refractivity (Wildman–Crippen MR) is 56.3 cm³/mol. The topological polar surface area (TPSA) is 112 Å². The van der Waals surface area contributed by atoms with Crippen LogP contribution in [0.1, 0.15) is 27.7 Å². The van der Waals surface area contributed by atoms with Gasteiger partial charge in [0.25, 0.3) is 5.78 Å². The zero-order valence-electron chi connectivity index (χ0n) is 10.9. The van der Waals surface area contributed by atoms with E-state index in [0.29, 0.717) is 0 Å². The van der Waals surface area contributed by atoms with Gasteiger partial charge in [0, 0.05) is 33.1 Å². The van der Waals surface area contributed by atoms with E-state index >= 15 is 0 Å². The van der Waals surface area contributed by atoms with Gasteiger partial charge in [-0.15, -0.1) is 0 Å². The van der Waals surface area contributed by atoms with Crippen LogP contribution in [0.25, 0.3) is 0 Å². The molecule has 7 nitrogen and oxygen atoms in total. The molecule has 0 unspecified atom stereocenters. The molecular formula is C11H12O7Zr. The van der Waals surface area contributed by atoms with E-state index in [1.54, 1.807) is 0 Å². The number of Topliss-reactive ketones (excluding diaryl/α,β-unsaturated/α-hetero) is 4. The van der Waals surface area contributed by atoms with E-state index in [9.17, 15) is 28.8 Å². The molecule has 8 heteroatoms. The average Bonchev–Trinajstić information content (AvgIpc) is 2.14. The van der Waals surface area contributed by atoms with Crippen LogP contribution in [0.2, 0.25) is 0 Å². The van der Waals surface area contributed by atoms with Crippen molar-refractivity contribution in [3.63, 3.8) is 0 Å². The molecule has 0 aromatic heterocycles. The van der Waals surface area contributed by atoms with Crippen molar-refractivity contribution in [3.05, 3.63) is 0 Å². The third-order valence-corrected chi connectivity index (χ3v) is 2.35. The van der Waals surface area contributed by atoms with Crippen molar-refractivity contribution in [1.82, 2.24) is 0 Å². The van der Waals surface area contributed by atoms with Crippen LogP contribution in [0.3, 0.4) is 0 Å². The molecule has 0 saturated heterocycles. The van der Waals surface area contributed by atoms with E-state index in [1.807, 2.05) is 0 Å².